The summed E-state index contributed by atoms with van der Waals surface area (Å²) in [6.07, 6.45) is 1.72. The second kappa shape index (κ2) is 13.7. The van der Waals surface area contributed by atoms with E-state index >= 15 is 0 Å². The van der Waals surface area contributed by atoms with Gasteiger partial charge in [-0.25, -0.2) is 8.42 Å². The number of carboxylic acid groups (broad SMARTS) is 1. The van der Waals surface area contributed by atoms with Crippen LogP contribution in [0, 0.1) is 0 Å². The number of hydrogen-bond acceptors (Lipinski definition) is 8. The van der Waals surface area contributed by atoms with Gasteiger partial charge in [0.25, 0.3) is 0 Å². The van der Waals surface area contributed by atoms with Crippen molar-refractivity contribution in [2.45, 2.75) is 30.2 Å². The first kappa shape index (κ1) is 31.7. The molecule has 3 aromatic rings. The minimum atomic E-state index is -4.25. The van der Waals surface area contributed by atoms with E-state index in [0.29, 0.717) is 34.0 Å². The second-order valence-corrected chi connectivity index (χ2v) is 11.3. The number of fused-ring (bicyclic) bond motifs is 1. The molecule has 3 aromatic carbocycles. The quantitative estimate of drug-likeness (QED) is 0.275. The molecule has 0 amide bonds. The molecule has 222 valence electrons. The van der Waals surface area contributed by atoms with Gasteiger partial charge in [-0.15, -0.1) is 0 Å². The van der Waals surface area contributed by atoms with Gasteiger partial charge >= 0.3 is 5.97 Å². The second-order valence-electron chi connectivity index (χ2n) is 9.90. The largest absolute Gasteiger partial charge is 0.744 e. The molecule has 0 radical (unpaired) electrons. The van der Waals surface area contributed by atoms with Crippen molar-refractivity contribution in [2.24, 2.45) is 0 Å². The molecule has 0 aromatic heterocycles. The number of hydrogen-bond donors (Lipinski definition) is 1. The maximum Gasteiger partial charge on any atom is 0.309 e. The van der Waals surface area contributed by atoms with Crippen LogP contribution in [-0.4, -0.2) is 77.1 Å². The Hall–Kier alpha value is -3.80. The summed E-state index contributed by atoms with van der Waals surface area (Å²) in [7, 11) is 4.41. The molecule has 2 atom stereocenters. The Morgan fingerprint density at radius 2 is 1.49 bits per heavy atom. The molecule has 0 fully saturated rings. The molecule has 0 bridgehead atoms. The van der Waals surface area contributed by atoms with E-state index in [1.165, 1.54) is 35.4 Å². The molecule has 11 heteroatoms. The van der Waals surface area contributed by atoms with Gasteiger partial charge in [-0.2, -0.15) is 0 Å². The number of rotatable bonds is 10. The Morgan fingerprint density at radius 1 is 0.902 bits per heavy atom. The fourth-order valence-corrected chi connectivity index (χ4v) is 5.59. The van der Waals surface area contributed by atoms with Gasteiger partial charge in [0.05, 0.1) is 59.9 Å². The lowest BCUT2D eigenvalue weighted by Gasteiger charge is -2.46. The zero-order valence-electron chi connectivity index (χ0n) is 24.0. The van der Waals surface area contributed by atoms with Crippen LogP contribution in [0.1, 0.15) is 29.2 Å². The Kier molecular flexibility index (Phi) is 10.6. The number of carboxylic acids is 1. The van der Waals surface area contributed by atoms with Gasteiger partial charge in [0, 0.05) is 18.4 Å². The van der Waals surface area contributed by atoms with Crippen molar-refractivity contribution < 1.29 is 46.3 Å². The Balaban J connectivity index is 0.000000389. The molecule has 0 unspecified atom stereocenters. The molecular formula is C30H37NO9S. The SMILES string of the molecule is COc1ccc(C[C@H]2c3cc(OC)c(OC)cc3CC[N@@+]2(C)CCC(=O)O)cc1OC.O=S(=O)([O-])c1ccccc1. The Morgan fingerprint density at radius 3 is 2.02 bits per heavy atom. The van der Waals surface area contributed by atoms with Gasteiger partial charge < -0.3 is 33.1 Å². The molecule has 0 saturated carbocycles. The molecule has 0 aliphatic carbocycles. The van der Waals surface area contributed by atoms with E-state index in [9.17, 15) is 22.9 Å². The number of ether oxygens (including phenoxy) is 4. The van der Waals surface area contributed by atoms with Crippen LogP contribution < -0.4 is 18.9 Å². The van der Waals surface area contributed by atoms with Crippen LogP contribution in [0.25, 0.3) is 0 Å². The summed E-state index contributed by atoms with van der Waals surface area (Å²) in [6, 6.07) is 17.3. The first-order valence-electron chi connectivity index (χ1n) is 13.0. The van der Waals surface area contributed by atoms with E-state index in [4.69, 9.17) is 18.9 Å². The maximum absolute atomic E-state index is 11.4. The smallest absolute Gasteiger partial charge is 0.309 e. The zero-order chi connectivity index (χ0) is 30.2. The van der Waals surface area contributed by atoms with Crippen LogP contribution in [0.5, 0.6) is 23.0 Å². The minimum absolute atomic E-state index is 0.0704. The summed E-state index contributed by atoms with van der Waals surface area (Å²) in [5.41, 5.74) is 3.49. The molecule has 1 aliphatic heterocycles. The average molecular weight is 588 g/mol. The van der Waals surface area contributed by atoms with E-state index < -0.39 is 16.1 Å². The molecular weight excluding hydrogens is 550 g/mol. The van der Waals surface area contributed by atoms with Crippen LogP contribution in [0.2, 0.25) is 0 Å². The van der Waals surface area contributed by atoms with Gasteiger partial charge in [-0.1, -0.05) is 24.3 Å². The fourth-order valence-electron chi connectivity index (χ4n) is 5.10. The lowest BCUT2D eigenvalue weighted by molar-refractivity contribution is -0.940. The third kappa shape index (κ3) is 7.90. The van der Waals surface area contributed by atoms with Crippen molar-refractivity contribution in [2.75, 3.05) is 48.6 Å². The zero-order valence-corrected chi connectivity index (χ0v) is 24.8. The van der Waals surface area contributed by atoms with Gasteiger partial charge in [0.2, 0.25) is 0 Å². The maximum atomic E-state index is 11.4. The number of quaternary nitrogens is 1. The highest BCUT2D eigenvalue weighted by Gasteiger charge is 2.40. The van der Waals surface area contributed by atoms with E-state index in [2.05, 4.69) is 19.2 Å². The predicted molar refractivity (Wildman–Crippen MR) is 152 cm³/mol. The molecule has 0 spiro atoms. The van der Waals surface area contributed by atoms with Crippen LogP contribution >= 0.6 is 0 Å². The molecule has 1 N–H and O–H groups in total. The lowest BCUT2D eigenvalue weighted by Crippen LogP contribution is -2.53. The highest BCUT2D eigenvalue weighted by Crippen LogP contribution is 2.43. The topological polar surface area (TPSA) is 131 Å². The number of benzene rings is 3. The van der Waals surface area contributed by atoms with Crippen LogP contribution in [0.15, 0.2) is 65.6 Å². The summed E-state index contributed by atoms with van der Waals surface area (Å²) < 4.78 is 53.4. The van der Waals surface area contributed by atoms with Gasteiger partial charge in [0.1, 0.15) is 16.2 Å². The number of likely N-dealkylation sites (N-methyl/N-ethyl adjacent to an activating group) is 1. The van der Waals surface area contributed by atoms with Gasteiger partial charge in [0.15, 0.2) is 23.0 Å². The van der Waals surface area contributed by atoms with Gasteiger partial charge in [-0.3, -0.25) is 4.79 Å². The molecule has 1 heterocycles. The number of methoxy groups -OCH3 is 4. The summed E-state index contributed by atoms with van der Waals surface area (Å²) in [5, 5.41) is 9.33. The first-order valence-corrected chi connectivity index (χ1v) is 14.4. The van der Waals surface area contributed by atoms with Crippen molar-refractivity contribution in [1.29, 1.82) is 0 Å². The molecule has 0 saturated heterocycles. The average Bonchev–Trinajstić information content (AvgIpc) is 2.97. The molecule has 4 rings (SSSR count). The van der Waals surface area contributed by atoms with E-state index in [0.717, 1.165) is 24.9 Å². The monoisotopic (exact) mass is 587 g/mol. The number of aliphatic carboxylic acids is 1. The van der Waals surface area contributed by atoms with Crippen molar-refractivity contribution in [3.63, 3.8) is 0 Å². The summed E-state index contributed by atoms with van der Waals surface area (Å²) in [5.74, 6) is 1.99. The summed E-state index contributed by atoms with van der Waals surface area (Å²) in [4.78, 5) is 11.2. The molecule has 1 aliphatic rings. The standard InChI is InChI=1S/C24H31NO6.C6H6O3S/c1-25(11-9-24(26)27)10-8-17-14-22(30-4)23(31-5)15-18(17)19(25)12-16-6-7-20(28-2)21(13-16)29-3;7-10(8,9)6-4-2-1-3-5-6/h6-7,13-15,19H,8-12H2,1-5H3;1-5H,(H,7,8,9)/t19-,25-;/m0./s1. The third-order valence-electron chi connectivity index (χ3n) is 7.39. The normalized spacial score (nSPS) is 17.9. The summed E-state index contributed by atoms with van der Waals surface area (Å²) >= 11 is 0. The molecule has 10 nitrogen and oxygen atoms in total. The number of carbonyl (C=O) groups is 1. The van der Waals surface area contributed by atoms with Crippen molar-refractivity contribution in [1.82, 2.24) is 0 Å². The Bertz CT molecular complexity index is 1440. The van der Waals surface area contributed by atoms with E-state index in [1.54, 1.807) is 34.5 Å². The van der Waals surface area contributed by atoms with Crippen molar-refractivity contribution >= 4 is 16.1 Å². The van der Waals surface area contributed by atoms with Crippen LogP contribution in [-0.2, 0) is 27.8 Å². The van der Waals surface area contributed by atoms with E-state index in [1.807, 2.05) is 18.2 Å². The van der Waals surface area contributed by atoms with Crippen molar-refractivity contribution in [3.8, 4) is 23.0 Å². The minimum Gasteiger partial charge on any atom is -0.744 e. The highest BCUT2D eigenvalue weighted by molar-refractivity contribution is 7.85. The van der Waals surface area contributed by atoms with Crippen LogP contribution in [0.3, 0.4) is 0 Å². The first-order chi connectivity index (χ1) is 19.4. The lowest BCUT2D eigenvalue weighted by atomic mass is 9.86. The van der Waals surface area contributed by atoms with Crippen molar-refractivity contribution in [3.05, 3.63) is 77.4 Å². The third-order valence-corrected chi connectivity index (χ3v) is 8.24. The number of nitrogens with zero attached hydrogens (tertiary/aromatic N) is 1. The van der Waals surface area contributed by atoms with Gasteiger partial charge in [-0.05, 0) is 47.5 Å². The van der Waals surface area contributed by atoms with E-state index in [-0.39, 0.29) is 17.4 Å². The fraction of sp³-hybridized carbons (Fsp3) is 0.367. The highest BCUT2D eigenvalue weighted by atomic mass is 32.2. The molecule has 41 heavy (non-hydrogen) atoms. The predicted octanol–water partition coefficient (Wildman–Crippen LogP) is 4.07. The van der Waals surface area contributed by atoms with Crippen LogP contribution in [0.4, 0.5) is 0 Å². The summed E-state index contributed by atoms with van der Waals surface area (Å²) in [6.45, 7) is 1.41. The Labute approximate surface area is 241 Å².